The predicted molar refractivity (Wildman–Crippen MR) is 88.9 cm³/mol. The molecule has 1 heterocycles. The van der Waals surface area contributed by atoms with Crippen molar-refractivity contribution >= 4 is 17.7 Å². The molecule has 132 valence electrons. The molecule has 0 unspecified atom stereocenters. The molecule has 0 aliphatic heterocycles. The molecular weight excluding hydrogens is 326 g/mol. The second kappa shape index (κ2) is 9.11. The fourth-order valence-electron chi connectivity index (χ4n) is 1.90. The van der Waals surface area contributed by atoms with Gasteiger partial charge in [-0.1, -0.05) is 12.1 Å². The van der Waals surface area contributed by atoms with E-state index in [2.05, 4.69) is 16.0 Å². The molecule has 1 aromatic heterocycles. The van der Waals surface area contributed by atoms with Crippen molar-refractivity contribution in [3.05, 3.63) is 54.0 Å². The zero-order chi connectivity index (χ0) is 18.1. The van der Waals surface area contributed by atoms with Gasteiger partial charge in [0, 0.05) is 6.54 Å². The van der Waals surface area contributed by atoms with Crippen molar-refractivity contribution in [2.45, 2.75) is 6.54 Å². The van der Waals surface area contributed by atoms with Crippen LogP contribution in [-0.4, -0.2) is 37.9 Å². The molecule has 0 radical (unpaired) electrons. The van der Waals surface area contributed by atoms with Crippen molar-refractivity contribution in [2.75, 3.05) is 20.2 Å². The van der Waals surface area contributed by atoms with E-state index >= 15 is 0 Å². The summed E-state index contributed by atoms with van der Waals surface area (Å²) in [6.45, 7) is -0.0785. The summed E-state index contributed by atoms with van der Waals surface area (Å²) in [5.41, 5.74) is 0.909. The summed E-state index contributed by atoms with van der Waals surface area (Å²) >= 11 is 0. The van der Waals surface area contributed by atoms with E-state index in [4.69, 9.17) is 9.15 Å². The summed E-state index contributed by atoms with van der Waals surface area (Å²) in [5.74, 6) is -0.450. The largest absolute Gasteiger partial charge is 0.497 e. The fraction of sp³-hybridized carbons (Fsp3) is 0.235. The van der Waals surface area contributed by atoms with Gasteiger partial charge in [-0.05, 0) is 29.8 Å². The van der Waals surface area contributed by atoms with Crippen LogP contribution >= 0.6 is 0 Å². The Morgan fingerprint density at radius 1 is 0.960 bits per heavy atom. The van der Waals surface area contributed by atoms with Crippen LogP contribution in [0, 0.1) is 0 Å². The van der Waals surface area contributed by atoms with Gasteiger partial charge in [0.2, 0.25) is 11.8 Å². The van der Waals surface area contributed by atoms with E-state index in [0.29, 0.717) is 6.54 Å². The second-order valence-corrected chi connectivity index (χ2v) is 5.06. The average molecular weight is 345 g/mol. The molecule has 2 rings (SSSR count). The van der Waals surface area contributed by atoms with Crippen molar-refractivity contribution in [3.8, 4) is 5.75 Å². The molecule has 1 aromatic carbocycles. The first kappa shape index (κ1) is 18.1. The maximum atomic E-state index is 11.7. The van der Waals surface area contributed by atoms with Crippen LogP contribution in [-0.2, 0) is 16.1 Å². The van der Waals surface area contributed by atoms with Gasteiger partial charge in [-0.2, -0.15) is 0 Å². The predicted octanol–water partition coefficient (Wildman–Crippen LogP) is 0.451. The Hall–Kier alpha value is -3.29. The van der Waals surface area contributed by atoms with Gasteiger partial charge in [0.15, 0.2) is 5.76 Å². The molecule has 8 nitrogen and oxygen atoms in total. The molecule has 3 amide bonds. The number of hydrogen-bond acceptors (Lipinski definition) is 5. The van der Waals surface area contributed by atoms with Crippen LogP contribution in [0.3, 0.4) is 0 Å². The van der Waals surface area contributed by atoms with Gasteiger partial charge in [0.1, 0.15) is 5.75 Å². The number of nitrogens with one attached hydrogen (secondary N) is 3. The number of ether oxygens (including phenoxy) is 1. The lowest BCUT2D eigenvalue weighted by molar-refractivity contribution is -0.125. The summed E-state index contributed by atoms with van der Waals surface area (Å²) in [6.07, 6.45) is 1.36. The Kier molecular flexibility index (Phi) is 6.58. The van der Waals surface area contributed by atoms with Crippen LogP contribution in [0.4, 0.5) is 0 Å². The van der Waals surface area contributed by atoms with Crippen molar-refractivity contribution < 1.29 is 23.5 Å². The highest BCUT2D eigenvalue weighted by Gasteiger charge is 2.11. The molecule has 0 atom stereocenters. The first-order valence-electron chi connectivity index (χ1n) is 7.56. The Morgan fingerprint density at radius 3 is 2.28 bits per heavy atom. The minimum Gasteiger partial charge on any atom is -0.497 e. The summed E-state index contributed by atoms with van der Waals surface area (Å²) in [6, 6.07) is 10.3. The highest BCUT2D eigenvalue weighted by atomic mass is 16.5. The number of furan rings is 1. The number of methoxy groups -OCH3 is 1. The third kappa shape index (κ3) is 6.02. The van der Waals surface area contributed by atoms with Gasteiger partial charge in [-0.25, -0.2) is 0 Å². The van der Waals surface area contributed by atoms with Gasteiger partial charge >= 0.3 is 0 Å². The molecule has 0 saturated heterocycles. The minimum absolute atomic E-state index is 0.116. The molecule has 25 heavy (non-hydrogen) atoms. The van der Waals surface area contributed by atoms with Gasteiger partial charge < -0.3 is 25.1 Å². The zero-order valence-corrected chi connectivity index (χ0v) is 13.7. The third-order valence-electron chi connectivity index (χ3n) is 3.25. The van der Waals surface area contributed by atoms with Crippen LogP contribution in [0.2, 0.25) is 0 Å². The molecule has 2 aromatic rings. The van der Waals surface area contributed by atoms with Crippen molar-refractivity contribution in [2.24, 2.45) is 0 Å². The van der Waals surface area contributed by atoms with Crippen LogP contribution in [0.15, 0.2) is 47.1 Å². The summed E-state index contributed by atoms with van der Waals surface area (Å²) in [5, 5.41) is 7.49. The lowest BCUT2D eigenvalue weighted by atomic mass is 10.2. The molecule has 0 aliphatic rings. The van der Waals surface area contributed by atoms with E-state index in [1.54, 1.807) is 25.3 Å². The number of carbonyl (C=O) groups excluding carboxylic acids is 3. The van der Waals surface area contributed by atoms with Crippen molar-refractivity contribution in [1.82, 2.24) is 16.0 Å². The topological polar surface area (TPSA) is 110 Å². The molecule has 3 N–H and O–H groups in total. The Bertz CT molecular complexity index is 710. The minimum atomic E-state index is -0.496. The Labute approximate surface area is 144 Å². The second-order valence-electron chi connectivity index (χ2n) is 5.06. The number of benzene rings is 1. The molecule has 0 fully saturated rings. The van der Waals surface area contributed by atoms with Gasteiger partial charge in [-0.3, -0.25) is 14.4 Å². The van der Waals surface area contributed by atoms with Crippen LogP contribution < -0.4 is 20.7 Å². The summed E-state index contributed by atoms with van der Waals surface area (Å²) in [4.78, 5) is 34.9. The highest BCUT2D eigenvalue weighted by molar-refractivity contribution is 5.94. The van der Waals surface area contributed by atoms with E-state index in [1.807, 2.05) is 12.1 Å². The molecule has 0 bridgehead atoms. The normalized spacial score (nSPS) is 9.96. The lowest BCUT2D eigenvalue weighted by Gasteiger charge is -2.08. The number of rotatable bonds is 8. The number of amides is 3. The van der Waals surface area contributed by atoms with E-state index in [0.717, 1.165) is 11.3 Å². The standard InChI is InChI=1S/C17H19N3O5/c1-24-13-6-4-12(5-7-13)9-18-15(21)10-19-16(22)11-20-17(23)14-3-2-8-25-14/h2-8H,9-11H2,1H3,(H,18,21)(H,19,22)(H,20,23). The maximum Gasteiger partial charge on any atom is 0.287 e. The number of carbonyl (C=O) groups is 3. The van der Waals surface area contributed by atoms with Crippen LogP contribution in [0.25, 0.3) is 0 Å². The smallest absolute Gasteiger partial charge is 0.287 e. The first-order valence-corrected chi connectivity index (χ1v) is 7.56. The molecular formula is C17H19N3O5. The average Bonchev–Trinajstić information content (AvgIpc) is 3.18. The van der Waals surface area contributed by atoms with Gasteiger partial charge in [0.05, 0.1) is 26.5 Å². The van der Waals surface area contributed by atoms with Crippen molar-refractivity contribution in [1.29, 1.82) is 0 Å². The van der Waals surface area contributed by atoms with Gasteiger partial charge in [0.25, 0.3) is 5.91 Å². The first-order chi connectivity index (χ1) is 12.1. The Balaban J connectivity index is 1.63. The summed E-state index contributed by atoms with van der Waals surface area (Å²) < 4.78 is 9.95. The van der Waals surface area contributed by atoms with Crippen LogP contribution in [0.1, 0.15) is 16.1 Å². The Morgan fingerprint density at radius 2 is 1.64 bits per heavy atom. The zero-order valence-electron chi connectivity index (χ0n) is 13.7. The molecule has 8 heteroatoms. The quantitative estimate of drug-likeness (QED) is 0.643. The van der Waals surface area contributed by atoms with Gasteiger partial charge in [-0.15, -0.1) is 0 Å². The summed E-state index contributed by atoms with van der Waals surface area (Å²) in [7, 11) is 1.58. The third-order valence-corrected chi connectivity index (χ3v) is 3.25. The monoisotopic (exact) mass is 345 g/mol. The van der Waals surface area contributed by atoms with E-state index in [9.17, 15) is 14.4 Å². The fourth-order valence-corrected chi connectivity index (χ4v) is 1.90. The lowest BCUT2D eigenvalue weighted by Crippen LogP contribution is -2.41. The van der Waals surface area contributed by atoms with E-state index in [-0.39, 0.29) is 24.8 Å². The highest BCUT2D eigenvalue weighted by Crippen LogP contribution is 2.10. The molecule has 0 spiro atoms. The van der Waals surface area contributed by atoms with E-state index in [1.165, 1.54) is 12.3 Å². The number of hydrogen-bond donors (Lipinski definition) is 3. The van der Waals surface area contributed by atoms with Crippen molar-refractivity contribution in [3.63, 3.8) is 0 Å². The van der Waals surface area contributed by atoms with E-state index < -0.39 is 11.8 Å². The SMILES string of the molecule is COc1ccc(CNC(=O)CNC(=O)CNC(=O)c2ccco2)cc1. The maximum absolute atomic E-state index is 11.7. The molecule has 0 aliphatic carbocycles. The molecule has 0 saturated carbocycles. The van der Waals surface area contributed by atoms with Crippen LogP contribution in [0.5, 0.6) is 5.75 Å².